The van der Waals surface area contributed by atoms with E-state index in [4.69, 9.17) is 39.8 Å². The first-order valence-corrected chi connectivity index (χ1v) is 20.9. The van der Waals surface area contributed by atoms with Gasteiger partial charge in [-0.3, -0.25) is 14.3 Å². The Hall–Kier alpha value is -4.84. The Labute approximate surface area is 325 Å². The summed E-state index contributed by atoms with van der Waals surface area (Å²) in [6.45, 7) is 5.55. The Morgan fingerprint density at radius 2 is 1.40 bits per heavy atom. The van der Waals surface area contributed by atoms with Gasteiger partial charge in [0.25, 0.3) is 5.56 Å². The topological polar surface area (TPSA) is 127 Å². The van der Waals surface area contributed by atoms with E-state index in [2.05, 4.69) is 4.98 Å². The lowest BCUT2D eigenvalue weighted by Crippen LogP contribution is -2.38. The minimum absolute atomic E-state index is 0.0509. The number of methoxy groups -OCH3 is 2. The molecule has 5 aromatic rings. The van der Waals surface area contributed by atoms with Crippen LogP contribution in [0.5, 0.6) is 11.5 Å². The highest BCUT2D eigenvalue weighted by atomic mass is 32.5. The van der Waals surface area contributed by atoms with Gasteiger partial charge in [0.05, 0.1) is 32.5 Å². The van der Waals surface area contributed by atoms with E-state index >= 15 is 0 Å². The molecule has 1 N–H and O–H groups in total. The fourth-order valence-corrected chi connectivity index (χ4v) is 8.86. The molecule has 1 saturated heterocycles. The quantitative estimate of drug-likeness (QED) is 0.0963. The Kier molecular flexibility index (Phi) is 11.9. The summed E-state index contributed by atoms with van der Waals surface area (Å²) in [5.74, 6) is 0.784. The van der Waals surface area contributed by atoms with Crippen LogP contribution in [-0.2, 0) is 35.9 Å². The van der Waals surface area contributed by atoms with Gasteiger partial charge in [0.2, 0.25) is 6.49 Å². The molecule has 0 unspecified atom stereocenters. The van der Waals surface area contributed by atoms with Gasteiger partial charge >= 0.3 is 11.7 Å². The molecule has 6 rings (SSSR count). The van der Waals surface area contributed by atoms with Crippen molar-refractivity contribution in [2.45, 2.75) is 58.2 Å². The standard InChI is InChI=1S/C42H45N2O9PS/c1-26-21-27(2)38(28(3)22-26)40(46)53-54(7,55)52-35-23-37(44-24-29(4)39(45)43-41(44)47)51-36(35)25-50-42(30-11-9-8-10-12-30,31-13-17-33(48-5)18-14-31)32-15-19-34(49-6)20-16-32/h8-22,24,35-37H,23,25H2,1-7H3,(H,43,45,47)/t35-,36+,37+,54+/m0/s1. The van der Waals surface area contributed by atoms with Crippen molar-refractivity contribution in [1.82, 2.24) is 9.55 Å². The average molecular weight is 785 g/mol. The number of carbonyl (C=O) groups excluding carboxylic acids is 1. The molecule has 1 aliphatic heterocycles. The highest BCUT2D eigenvalue weighted by Gasteiger charge is 2.44. The van der Waals surface area contributed by atoms with Gasteiger partial charge in [-0.2, -0.15) is 0 Å². The molecule has 13 heteroatoms. The summed E-state index contributed by atoms with van der Waals surface area (Å²) in [5.41, 5.74) is 3.49. The van der Waals surface area contributed by atoms with E-state index in [0.717, 1.165) is 33.4 Å². The summed E-state index contributed by atoms with van der Waals surface area (Å²) in [7, 11) is 3.22. The number of ether oxygens (including phenoxy) is 4. The van der Waals surface area contributed by atoms with Gasteiger partial charge in [0, 0.05) is 24.8 Å². The molecule has 1 aromatic heterocycles. The number of nitrogens with zero attached hydrogens (tertiary/aromatic N) is 1. The van der Waals surface area contributed by atoms with E-state index in [0.29, 0.717) is 22.6 Å². The van der Waals surface area contributed by atoms with Gasteiger partial charge < -0.3 is 28.0 Å². The van der Waals surface area contributed by atoms with Crippen LogP contribution in [0.3, 0.4) is 0 Å². The van der Waals surface area contributed by atoms with E-state index < -0.39 is 47.7 Å². The summed E-state index contributed by atoms with van der Waals surface area (Å²) in [5, 5.41) is 0. The molecule has 55 heavy (non-hydrogen) atoms. The number of aromatic nitrogens is 2. The molecule has 0 spiro atoms. The zero-order valence-corrected chi connectivity index (χ0v) is 33.6. The Morgan fingerprint density at radius 1 is 0.855 bits per heavy atom. The van der Waals surface area contributed by atoms with Crippen LogP contribution >= 0.6 is 6.49 Å². The van der Waals surface area contributed by atoms with Crippen LogP contribution in [0.4, 0.5) is 0 Å². The third-order valence-electron chi connectivity index (χ3n) is 9.73. The van der Waals surface area contributed by atoms with Crippen LogP contribution in [0.2, 0.25) is 0 Å². The molecule has 0 aliphatic carbocycles. The Bertz CT molecular complexity index is 2250. The average Bonchev–Trinajstić information content (AvgIpc) is 3.54. The van der Waals surface area contributed by atoms with Crippen molar-refractivity contribution in [3.05, 3.63) is 163 Å². The minimum Gasteiger partial charge on any atom is -0.497 e. The number of nitrogens with one attached hydrogen (secondary N) is 1. The van der Waals surface area contributed by atoms with E-state index in [-0.39, 0.29) is 13.0 Å². The van der Waals surface area contributed by atoms with Gasteiger partial charge in [-0.1, -0.05) is 72.3 Å². The fraction of sp³-hybridized carbons (Fsp3) is 0.310. The lowest BCUT2D eigenvalue weighted by molar-refractivity contribution is -0.0915. The smallest absolute Gasteiger partial charge is 0.343 e. The molecule has 1 fully saturated rings. The molecular weight excluding hydrogens is 740 g/mol. The van der Waals surface area contributed by atoms with Crippen LogP contribution < -0.4 is 20.7 Å². The van der Waals surface area contributed by atoms with E-state index in [1.54, 1.807) is 27.8 Å². The van der Waals surface area contributed by atoms with Crippen LogP contribution in [-0.4, -0.2) is 55.2 Å². The van der Waals surface area contributed by atoms with Crippen molar-refractivity contribution in [2.24, 2.45) is 0 Å². The molecule has 1 aliphatic rings. The second-order valence-electron chi connectivity index (χ2n) is 13.7. The predicted molar refractivity (Wildman–Crippen MR) is 214 cm³/mol. The maximum Gasteiger partial charge on any atom is 0.343 e. The molecule has 0 radical (unpaired) electrons. The number of rotatable bonds is 13. The van der Waals surface area contributed by atoms with E-state index in [1.807, 2.05) is 112 Å². The van der Waals surface area contributed by atoms with Gasteiger partial charge in [-0.05, 0) is 91.6 Å². The summed E-state index contributed by atoms with van der Waals surface area (Å²) in [6.07, 6.45) is -0.849. The van der Waals surface area contributed by atoms with Crippen molar-refractivity contribution in [1.29, 1.82) is 0 Å². The number of H-pyrrole nitrogens is 1. The molecule has 0 saturated carbocycles. The highest BCUT2D eigenvalue weighted by molar-refractivity contribution is 8.09. The molecule has 4 atom stereocenters. The molecule has 11 nitrogen and oxygen atoms in total. The SMILES string of the molecule is COc1ccc(C(OC[C@H]2O[C@@H](n3cc(C)c(=O)[nH]c3=O)C[C@@H]2O[P@@](C)(=S)OC(=O)c2c(C)cc(C)cc2C)(c2ccccc2)c2ccc(OC)cc2)cc1. The molecule has 0 bridgehead atoms. The number of aromatic amines is 1. The number of hydrogen-bond acceptors (Lipinski definition) is 10. The van der Waals surface area contributed by atoms with E-state index in [9.17, 15) is 14.4 Å². The number of aryl methyl sites for hydroxylation is 4. The largest absolute Gasteiger partial charge is 0.497 e. The van der Waals surface area contributed by atoms with E-state index in [1.165, 1.54) is 10.8 Å². The minimum atomic E-state index is -3.28. The third-order valence-corrected chi connectivity index (χ3v) is 11.4. The van der Waals surface area contributed by atoms with Gasteiger partial charge in [0.15, 0.2) is 0 Å². The lowest BCUT2D eigenvalue weighted by Gasteiger charge is -2.37. The Morgan fingerprint density at radius 3 is 1.95 bits per heavy atom. The normalized spacial score (nSPS) is 18.1. The Balaban J connectivity index is 1.40. The first-order chi connectivity index (χ1) is 26.2. The van der Waals surface area contributed by atoms with Gasteiger partial charge in [0.1, 0.15) is 29.4 Å². The van der Waals surface area contributed by atoms with Crippen molar-refractivity contribution in [2.75, 3.05) is 27.5 Å². The van der Waals surface area contributed by atoms with Gasteiger partial charge in [-0.15, -0.1) is 0 Å². The summed E-state index contributed by atoms with van der Waals surface area (Å²) < 4.78 is 38.6. The molecular formula is C42H45N2O9PS. The van der Waals surface area contributed by atoms with Crippen molar-refractivity contribution in [3.8, 4) is 11.5 Å². The molecule has 4 aromatic carbocycles. The maximum atomic E-state index is 13.6. The highest BCUT2D eigenvalue weighted by Crippen LogP contribution is 2.51. The first-order valence-electron chi connectivity index (χ1n) is 17.8. The number of benzene rings is 4. The van der Waals surface area contributed by atoms with Crippen molar-refractivity contribution < 1.29 is 32.8 Å². The van der Waals surface area contributed by atoms with Crippen molar-refractivity contribution >= 4 is 24.3 Å². The molecule has 2 heterocycles. The zero-order chi connectivity index (χ0) is 39.5. The summed E-state index contributed by atoms with van der Waals surface area (Å²) >= 11 is 5.88. The first kappa shape index (κ1) is 39.8. The van der Waals surface area contributed by atoms with Crippen LogP contribution in [0, 0.1) is 27.7 Å². The maximum absolute atomic E-state index is 13.6. The third kappa shape index (κ3) is 8.54. The summed E-state index contributed by atoms with van der Waals surface area (Å²) in [4.78, 5) is 41.3. The molecule has 288 valence electrons. The van der Waals surface area contributed by atoms with Crippen LogP contribution in [0.1, 0.15) is 62.0 Å². The van der Waals surface area contributed by atoms with Gasteiger partial charge in [-0.25, -0.2) is 9.59 Å². The van der Waals surface area contributed by atoms with Crippen LogP contribution in [0.15, 0.2) is 107 Å². The zero-order valence-electron chi connectivity index (χ0n) is 31.9. The second-order valence-corrected chi connectivity index (χ2v) is 17.7. The van der Waals surface area contributed by atoms with Crippen molar-refractivity contribution in [3.63, 3.8) is 0 Å². The monoisotopic (exact) mass is 784 g/mol. The number of hydrogen-bond donors (Lipinski definition) is 1. The fourth-order valence-electron chi connectivity index (χ4n) is 7.18. The summed E-state index contributed by atoms with van der Waals surface area (Å²) in [6, 6.07) is 28.9. The predicted octanol–water partition coefficient (Wildman–Crippen LogP) is 7.27. The second kappa shape index (κ2) is 16.5. The molecule has 0 amide bonds. The van der Waals surface area contributed by atoms with Crippen LogP contribution in [0.25, 0.3) is 0 Å². The number of carbonyl (C=O) groups is 1. The lowest BCUT2D eigenvalue weighted by atomic mass is 9.80.